The maximum absolute atomic E-state index is 12.1. The van der Waals surface area contributed by atoms with Crippen LogP contribution in [-0.2, 0) is 4.79 Å². The number of hydrogen-bond donors (Lipinski definition) is 2. The average molecular weight is 330 g/mol. The Morgan fingerprint density at radius 1 is 1.43 bits per heavy atom. The molecule has 1 saturated heterocycles. The van der Waals surface area contributed by atoms with Crippen LogP contribution in [-0.4, -0.2) is 30.4 Å². The van der Waals surface area contributed by atoms with E-state index in [0.29, 0.717) is 33.9 Å². The monoisotopic (exact) mass is 329 g/mol. The summed E-state index contributed by atoms with van der Waals surface area (Å²) in [6.45, 7) is 4.53. The van der Waals surface area contributed by atoms with E-state index in [9.17, 15) is 4.79 Å². The van der Waals surface area contributed by atoms with Gasteiger partial charge in [-0.05, 0) is 37.4 Å². The Kier molecular flexibility index (Phi) is 5.73. The summed E-state index contributed by atoms with van der Waals surface area (Å²) in [4.78, 5) is 14.3. The first-order valence-electron chi connectivity index (χ1n) is 7.26. The molecule has 1 amide bonds. The van der Waals surface area contributed by atoms with Gasteiger partial charge in [0.15, 0.2) is 0 Å². The SMILES string of the molecule is CCCC1CCN(CC(=O)Nc2c(Cl)cc(N)cc2Cl)C1. The fourth-order valence-corrected chi connectivity index (χ4v) is 3.39. The van der Waals surface area contributed by atoms with Crippen LogP contribution < -0.4 is 11.1 Å². The average Bonchev–Trinajstić information content (AvgIpc) is 2.81. The summed E-state index contributed by atoms with van der Waals surface area (Å²) >= 11 is 12.1. The van der Waals surface area contributed by atoms with Crippen molar-refractivity contribution >= 4 is 40.5 Å². The van der Waals surface area contributed by atoms with Crippen LogP contribution in [0.2, 0.25) is 10.0 Å². The van der Waals surface area contributed by atoms with Crippen molar-refractivity contribution in [2.24, 2.45) is 5.92 Å². The van der Waals surface area contributed by atoms with Gasteiger partial charge in [-0.25, -0.2) is 0 Å². The third-order valence-corrected chi connectivity index (χ3v) is 4.36. The molecule has 1 unspecified atom stereocenters. The molecule has 6 heteroatoms. The Balaban J connectivity index is 1.91. The van der Waals surface area contributed by atoms with Crippen LogP contribution >= 0.6 is 23.2 Å². The molecule has 4 nitrogen and oxygen atoms in total. The molecule has 0 aromatic heterocycles. The van der Waals surface area contributed by atoms with Gasteiger partial charge in [0, 0.05) is 12.2 Å². The number of nitrogen functional groups attached to an aromatic ring is 1. The number of anilines is 2. The van der Waals surface area contributed by atoms with Gasteiger partial charge in [0.25, 0.3) is 0 Å². The minimum Gasteiger partial charge on any atom is -0.399 e. The number of likely N-dealkylation sites (tertiary alicyclic amines) is 1. The van der Waals surface area contributed by atoms with E-state index >= 15 is 0 Å². The highest BCUT2D eigenvalue weighted by molar-refractivity contribution is 6.40. The fraction of sp³-hybridized carbons (Fsp3) is 0.533. The van der Waals surface area contributed by atoms with E-state index in [1.807, 2.05) is 0 Å². The molecule has 0 aliphatic carbocycles. The molecule has 0 saturated carbocycles. The summed E-state index contributed by atoms with van der Waals surface area (Å²) in [5.74, 6) is 0.618. The molecule has 1 atom stereocenters. The summed E-state index contributed by atoms with van der Waals surface area (Å²) in [7, 11) is 0. The lowest BCUT2D eigenvalue weighted by molar-refractivity contribution is -0.117. The van der Waals surface area contributed by atoms with Gasteiger partial charge in [-0.15, -0.1) is 0 Å². The number of carbonyl (C=O) groups excluding carboxylic acids is 1. The highest BCUT2D eigenvalue weighted by Gasteiger charge is 2.23. The van der Waals surface area contributed by atoms with E-state index in [1.165, 1.54) is 19.3 Å². The molecule has 116 valence electrons. The summed E-state index contributed by atoms with van der Waals surface area (Å²) in [5, 5.41) is 3.50. The van der Waals surface area contributed by atoms with Gasteiger partial charge in [-0.2, -0.15) is 0 Å². The number of rotatable bonds is 5. The van der Waals surface area contributed by atoms with Crippen LogP contribution in [0.3, 0.4) is 0 Å². The number of carbonyl (C=O) groups is 1. The highest BCUT2D eigenvalue weighted by Crippen LogP contribution is 2.32. The third kappa shape index (κ3) is 4.50. The number of hydrogen-bond acceptors (Lipinski definition) is 3. The highest BCUT2D eigenvalue weighted by atomic mass is 35.5. The summed E-state index contributed by atoms with van der Waals surface area (Å²) < 4.78 is 0. The Labute approximate surface area is 135 Å². The number of nitrogens with zero attached hydrogens (tertiary/aromatic N) is 1. The molecular formula is C15H21Cl2N3O. The molecular weight excluding hydrogens is 309 g/mol. The van der Waals surface area contributed by atoms with Gasteiger partial charge < -0.3 is 11.1 Å². The predicted molar refractivity (Wildman–Crippen MR) is 89.0 cm³/mol. The summed E-state index contributed by atoms with van der Waals surface area (Å²) in [6.07, 6.45) is 3.60. The number of nitrogens with two attached hydrogens (primary N) is 1. The van der Waals surface area contributed by atoms with Gasteiger partial charge >= 0.3 is 0 Å². The molecule has 2 rings (SSSR count). The van der Waals surface area contributed by atoms with E-state index in [0.717, 1.165) is 13.1 Å². The zero-order chi connectivity index (χ0) is 15.4. The maximum atomic E-state index is 12.1. The maximum Gasteiger partial charge on any atom is 0.238 e. The van der Waals surface area contributed by atoms with E-state index in [1.54, 1.807) is 12.1 Å². The van der Waals surface area contributed by atoms with E-state index < -0.39 is 0 Å². The van der Waals surface area contributed by atoms with Gasteiger partial charge in [-0.3, -0.25) is 9.69 Å². The quantitative estimate of drug-likeness (QED) is 0.811. The molecule has 1 aliphatic heterocycles. The van der Waals surface area contributed by atoms with Crippen molar-refractivity contribution < 1.29 is 4.79 Å². The van der Waals surface area contributed by atoms with Crippen LogP contribution in [0.1, 0.15) is 26.2 Å². The number of halogens is 2. The topological polar surface area (TPSA) is 58.4 Å². The molecule has 0 radical (unpaired) electrons. The lowest BCUT2D eigenvalue weighted by atomic mass is 10.0. The lowest BCUT2D eigenvalue weighted by Crippen LogP contribution is -2.31. The first-order valence-corrected chi connectivity index (χ1v) is 8.02. The van der Waals surface area contributed by atoms with Crippen molar-refractivity contribution in [2.75, 3.05) is 30.7 Å². The van der Waals surface area contributed by atoms with Crippen LogP contribution in [0.4, 0.5) is 11.4 Å². The molecule has 1 fully saturated rings. The normalized spacial score (nSPS) is 18.9. The Hall–Kier alpha value is -0.970. The first kappa shape index (κ1) is 16.4. The van der Waals surface area contributed by atoms with Crippen molar-refractivity contribution in [3.63, 3.8) is 0 Å². The van der Waals surface area contributed by atoms with Gasteiger partial charge in [0.1, 0.15) is 0 Å². The second-order valence-corrected chi connectivity index (χ2v) is 6.40. The fourth-order valence-electron chi connectivity index (χ4n) is 2.79. The van der Waals surface area contributed by atoms with Crippen molar-refractivity contribution in [2.45, 2.75) is 26.2 Å². The van der Waals surface area contributed by atoms with E-state index in [2.05, 4.69) is 17.1 Å². The van der Waals surface area contributed by atoms with Gasteiger partial charge in [0.05, 0.1) is 22.3 Å². The minimum absolute atomic E-state index is 0.0966. The largest absolute Gasteiger partial charge is 0.399 e. The number of amides is 1. The Morgan fingerprint density at radius 3 is 2.71 bits per heavy atom. The molecule has 0 spiro atoms. The van der Waals surface area contributed by atoms with E-state index in [-0.39, 0.29) is 5.91 Å². The molecule has 3 N–H and O–H groups in total. The zero-order valence-electron chi connectivity index (χ0n) is 12.2. The zero-order valence-corrected chi connectivity index (χ0v) is 13.7. The standard InChI is InChI=1S/C15H21Cl2N3O/c1-2-3-10-4-5-20(8-10)9-14(21)19-15-12(16)6-11(18)7-13(15)17/h6-7,10H,2-5,8-9,18H2,1H3,(H,19,21). The molecule has 1 aromatic carbocycles. The third-order valence-electron chi connectivity index (χ3n) is 3.76. The van der Waals surface area contributed by atoms with Gasteiger partial charge in [-0.1, -0.05) is 36.5 Å². The van der Waals surface area contributed by atoms with E-state index in [4.69, 9.17) is 28.9 Å². The summed E-state index contributed by atoms with van der Waals surface area (Å²) in [5.41, 5.74) is 6.55. The minimum atomic E-state index is -0.0966. The van der Waals surface area contributed by atoms with Crippen molar-refractivity contribution in [3.8, 4) is 0 Å². The second-order valence-electron chi connectivity index (χ2n) is 5.59. The molecule has 1 aliphatic rings. The van der Waals surface area contributed by atoms with Crippen molar-refractivity contribution in [1.29, 1.82) is 0 Å². The summed E-state index contributed by atoms with van der Waals surface area (Å²) in [6, 6.07) is 3.16. The second kappa shape index (κ2) is 7.34. The first-order chi connectivity index (χ1) is 9.99. The van der Waals surface area contributed by atoms with Crippen LogP contribution in [0.25, 0.3) is 0 Å². The van der Waals surface area contributed by atoms with Crippen molar-refractivity contribution in [1.82, 2.24) is 4.90 Å². The smallest absolute Gasteiger partial charge is 0.238 e. The lowest BCUT2D eigenvalue weighted by Gasteiger charge is -2.16. The van der Waals surface area contributed by atoms with Crippen LogP contribution in [0.5, 0.6) is 0 Å². The van der Waals surface area contributed by atoms with Gasteiger partial charge in [0.2, 0.25) is 5.91 Å². The predicted octanol–water partition coefficient (Wildman–Crippen LogP) is 3.64. The van der Waals surface area contributed by atoms with Crippen LogP contribution in [0.15, 0.2) is 12.1 Å². The number of nitrogens with one attached hydrogen (secondary N) is 1. The van der Waals surface area contributed by atoms with Crippen molar-refractivity contribution in [3.05, 3.63) is 22.2 Å². The molecule has 1 aromatic rings. The molecule has 1 heterocycles. The Bertz CT molecular complexity index is 499. The van der Waals surface area contributed by atoms with Crippen LogP contribution in [0, 0.1) is 5.92 Å². The Morgan fingerprint density at radius 2 is 2.10 bits per heavy atom. The molecule has 0 bridgehead atoms. The molecule has 21 heavy (non-hydrogen) atoms. The number of benzene rings is 1.